The minimum Gasteiger partial charge on any atom is -0.490 e. The van der Waals surface area contributed by atoms with Gasteiger partial charge in [-0.3, -0.25) is 4.79 Å². The zero-order valence-corrected chi connectivity index (χ0v) is 20.7. The average molecular weight is 555 g/mol. The van der Waals surface area contributed by atoms with E-state index in [0.717, 1.165) is 46.2 Å². The summed E-state index contributed by atoms with van der Waals surface area (Å²) in [4.78, 5) is 18.2. The van der Waals surface area contributed by atoms with Crippen molar-refractivity contribution in [2.75, 3.05) is 13.2 Å². The van der Waals surface area contributed by atoms with Crippen LogP contribution in [0.1, 0.15) is 56.3 Å². The highest BCUT2D eigenvalue weighted by Gasteiger charge is 2.22. The summed E-state index contributed by atoms with van der Waals surface area (Å²) >= 11 is 2.19. The third-order valence-electron chi connectivity index (χ3n) is 5.70. The second-order valence-corrected chi connectivity index (χ2v) is 9.10. The number of terminal acetylenes is 1. The van der Waals surface area contributed by atoms with Gasteiger partial charge in [-0.05, 0) is 72.2 Å². The molecule has 1 aromatic heterocycles. The predicted molar refractivity (Wildman–Crippen MR) is 139 cm³/mol. The van der Waals surface area contributed by atoms with E-state index in [9.17, 15) is 4.79 Å². The highest BCUT2D eigenvalue weighted by atomic mass is 127. The van der Waals surface area contributed by atoms with Gasteiger partial charge >= 0.3 is 0 Å². The molecule has 1 heterocycles. The van der Waals surface area contributed by atoms with Gasteiger partial charge < -0.3 is 9.47 Å². The maximum Gasteiger partial charge on any atom is 0.282 e. The Balaban J connectivity index is 1.78. The molecular weight excluding hydrogens is 529 g/mol. The molecule has 3 aromatic rings. The summed E-state index contributed by atoms with van der Waals surface area (Å²) in [6, 6.07) is 11.2. The molecule has 1 aliphatic carbocycles. The molecule has 0 bridgehead atoms. The largest absolute Gasteiger partial charge is 0.490 e. The van der Waals surface area contributed by atoms with Crippen molar-refractivity contribution in [3.05, 3.63) is 61.7 Å². The molecule has 2 aromatic carbocycles. The molecule has 0 N–H and O–H groups in total. The van der Waals surface area contributed by atoms with Crippen molar-refractivity contribution in [2.24, 2.45) is 5.10 Å². The number of para-hydroxylation sites is 1. The van der Waals surface area contributed by atoms with Crippen molar-refractivity contribution in [2.45, 2.75) is 44.9 Å². The number of fused-ring (bicyclic) bond motifs is 1. The van der Waals surface area contributed by atoms with E-state index in [1.54, 1.807) is 12.3 Å². The van der Waals surface area contributed by atoms with Gasteiger partial charge in [-0.1, -0.05) is 37.3 Å². The maximum absolute atomic E-state index is 13.4. The van der Waals surface area contributed by atoms with Crippen LogP contribution in [0.15, 0.2) is 46.3 Å². The van der Waals surface area contributed by atoms with Gasteiger partial charge in [0.2, 0.25) is 0 Å². The van der Waals surface area contributed by atoms with Crippen LogP contribution in [0.25, 0.3) is 10.9 Å². The normalized spacial score (nSPS) is 14.5. The Labute approximate surface area is 207 Å². The van der Waals surface area contributed by atoms with Crippen LogP contribution in [-0.2, 0) is 0 Å². The lowest BCUT2D eigenvalue weighted by atomic mass is 9.88. The first-order valence-electron chi connectivity index (χ1n) is 11.2. The van der Waals surface area contributed by atoms with Gasteiger partial charge in [-0.2, -0.15) is 9.78 Å². The summed E-state index contributed by atoms with van der Waals surface area (Å²) in [6.07, 6.45) is 12.6. The molecule has 1 aliphatic rings. The van der Waals surface area contributed by atoms with Crippen LogP contribution < -0.4 is 15.0 Å². The van der Waals surface area contributed by atoms with Gasteiger partial charge in [0.05, 0.1) is 27.3 Å². The van der Waals surface area contributed by atoms with Crippen molar-refractivity contribution >= 4 is 39.7 Å². The third-order valence-corrected chi connectivity index (χ3v) is 6.50. The Morgan fingerprint density at radius 3 is 2.79 bits per heavy atom. The van der Waals surface area contributed by atoms with Crippen LogP contribution in [0.4, 0.5) is 0 Å². The van der Waals surface area contributed by atoms with Crippen molar-refractivity contribution in [1.82, 2.24) is 9.66 Å². The molecule has 6 nitrogen and oxygen atoms in total. The number of nitrogens with zero attached hydrogens (tertiary/aromatic N) is 3. The van der Waals surface area contributed by atoms with E-state index in [4.69, 9.17) is 20.9 Å². The quantitative estimate of drug-likeness (QED) is 0.224. The van der Waals surface area contributed by atoms with E-state index in [2.05, 4.69) is 33.6 Å². The van der Waals surface area contributed by atoms with Crippen LogP contribution in [0.5, 0.6) is 11.5 Å². The Morgan fingerprint density at radius 2 is 2.03 bits per heavy atom. The van der Waals surface area contributed by atoms with Crippen molar-refractivity contribution in [3.8, 4) is 23.8 Å². The molecule has 1 fully saturated rings. The Bertz CT molecular complexity index is 1270. The standard InChI is InChI=1S/C26H26IN3O3/c1-3-14-33-24-21(27)15-18(16-23(24)32-4-2)17-28-30-25(19-10-6-5-7-11-19)29-22-13-9-8-12-20(22)26(30)31/h1,8-9,12-13,15-17,19H,4-7,10-11,14H2,2H3. The third kappa shape index (κ3) is 5.22. The van der Waals surface area contributed by atoms with E-state index in [-0.39, 0.29) is 18.1 Å². The molecule has 0 aliphatic heterocycles. The predicted octanol–water partition coefficient (Wildman–Crippen LogP) is 5.34. The Morgan fingerprint density at radius 1 is 1.24 bits per heavy atom. The maximum atomic E-state index is 13.4. The monoisotopic (exact) mass is 555 g/mol. The molecule has 0 spiro atoms. The number of hydrogen-bond donors (Lipinski definition) is 0. The minimum absolute atomic E-state index is 0.147. The summed E-state index contributed by atoms with van der Waals surface area (Å²) < 4.78 is 13.8. The second kappa shape index (κ2) is 10.8. The molecule has 0 atom stereocenters. The van der Waals surface area contributed by atoms with Crippen molar-refractivity contribution in [1.29, 1.82) is 0 Å². The highest BCUT2D eigenvalue weighted by Crippen LogP contribution is 2.34. The molecule has 0 radical (unpaired) electrons. The molecule has 170 valence electrons. The van der Waals surface area contributed by atoms with Crippen molar-refractivity contribution in [3.63, 3.8) is 0 Å². The fourth-order valence-electron chi connectivity index (χ4n) is 4.18. The summed E-state index contributed by atoms with van der Waals surface area (Å²) in [5.74, 6) is 4.65. The van der Waals surface area contributed by atoms with Gasteiger partial charge in [0, 0.05) is 5.92 Å². The zero-order valence-electron chi connectivity index (χ0n) is 18.6. The number of rotatable bonds is 7. The Kier molecular flexibility index (Phi) is 7.65. The number of hydrogen-bond acceptors (Lipinski definition) is 5. The average Bonchev–Trinajstić information content (AvgIpc) is 2.83. The second-order valence-electron chi connectivity index (χ2n) is 7.94. The summed E-state index contributed by atoms with van der Waals surface area (Å²) in [5.41, 5.74) is 1.37. The smallest absolute Gasteiger partial charge is 0.282 e. The van der Waals surface area contributed by atoms with Crippen molar-refractivity contribution < 1.29 is 9.47 Å². The highest BCUT2D eigenvalue weighted by molar-refractivity contribution is 14.1. The first-order valence-corrected chi connectivity index (χ1v) is 12.3. The molecule has 7 heteroatoms. The number of halogens is 1. The molecule has 0 amide bonds. The summed E-state index contributed by atoms with van der Waals surface area (Å²) in [6.45, 7) is 2.56. The van der Waals surface area contributed by atoms with Gasteiger partial charge in [-0.25, -0.2) is 4.98 Å². The van der Waals surface area contributed by atoms with E-state index >= 15 is 0 Å². The van der Waals surface area contributed by atoms with E-state index < -0.39 is 0 Å². The lowest BCUT2D eigenvalue weighted by Gasteiger charge is -2.22. The SMILES string of the molecule is C#CCOc1c(I)cc(C=Nn2c(C3CCCCC3)nc3ccccc3c2=O)cc1OCC. The van der Waals surface area contributed by atoms with Gasteiger partial charge in [-0.15, -0.1) is 6.42 Å². The van der Waals surface area contributed by atoms with Gasteiger partial charge in [0.25, 0.3) is 5.56 Å². The summed E-state index contributed by atoms with van der Waals surface area (Å²) in [7, 11) is 0. The molecule has 4 rings (SSSR count). The molecule has 33 heavy (non-hydrogen) atoms. The number of benzene rings is 2. The molecular formula is C26H26IN3O3. The molecule has 0 unspecified atom stereocenters. The van der Waals surface area contributed by atoms with Crippen LogP contribution in [0, 0.1) is 15.9 Å². The van der Waals surface area contributed by atoms with E-state index in [1.807, 2.05) is 37.3 Å². The topological polar surface area (TPSA) is 65.7 Å². The van der Waals surface area contributed by atoms with E-state index in [1.165, 1.54) is 11.1 Å². The number of aromatic nitrogens is 2. The van der Waals surface area contributed by atoms with Crippen LogP contribution in [0.3, 0.4) is 0 Å². The van der Waals surface area contributed by atoms with Crippen LogP contribution in [0.2, 0.25) is 0 Å². The fourth-order valence-corrected chi connectivity index (χ4v) is 4.96. The first-order chi connectivity index (χ1) is 16.1. The Hall–Kier alpha value is -2.86. The first kappa shape index (κ1) is 23.3. The van der Waals surface area contributed by atoms with Gasteiger partial charge in [0.15, 0.2) is 11.5 Å². The van der Waals surface area contributed by atoms with Crippen LogP contribution in [-0.4, -0.2) is 29.1 Å². The lowest BCUT2D eigenvalue weighted by Crippen LogP contribution is -2.25. The summed E-state index contributed by atoms with van der Waals surface area (Å²) in [5, 5.41) is 5.19. The van der Waals surface area contributed by atoms with Crippen LogP contribution >= 0.6 is 22.6 Å². The number of ether oxygens (including phenoxy) is 2. The van der Waals surface area contributed by atoms with Gasteiger partial charge in [0.1, 0.15) is 12.4 Å². The zero-order chi connectivity index (χ0) is 23.2. The minimum atomic E-state index is -0.147. The lowest BCUT2D eigenvalue weighted by molar-refractivity contribution is 0.298. The molecule has 0 saturated heterocycles. The fraction of sp³-hybridized carbons (Fsp3) is 0.346. The van der Waals surface area contributed by atoms with E-state index in [0.29, 0.717) is 23.5 Å². The molecule has 1 saturated carbocycles.